The zero-order valence-electron chi connectivity index (χ0n) is 6.04. The second-order valence-electron chi connectivity index (χ2n) is 3.06. The maximum absolute atomic E-state index is 2.38. The van der Waals surface area contributed by atoms with Gasteiger partial charge in [-0.15, -0.1) is 0 Å². The van der Waals surface area contributed by atoms with E-state index in [1.54, 1.807) is 30.6 Å². The zero-order valence-corrected chi connectivity index (χ0v) is 7.04. The van der Waals surface area contributed by atoms with Crippen molar-refractivity contribution in [1.29, 1.82) is 0 Å². The van der Waals surface area contributed by atoms with Gasteiger partial charge < -0.3 is 0 Å². The molecule has 0 aromatic carbocycles. The fourth-order valence-corrected chi connectivity index (χ4v) is 4.90. The summed E-state index contributed by atoms with van der Waals surface area (Å²) < 4.78 is 0. The summed E-state index contributed by atoms with van der Waals surface area (Å²) in [5.41, 5.74) is 0. The van der Waals surface area contributed by atoms with E-state index in [0.29, 0.717) is 0 Å². The van der Waals surface area contributed by atoms with Gasteiger partial charge in [0.05, 0.1) is 8.07 Å². The van der Waals surface area contributed by atoms with Crippen molar-refractivity contribution in [3.05, 3.63) is 0 Å². The van der Waals surface area contributed by atoms with Crippen LogP contribution in [-0.2, 0) is 0 Å². The van der Waals surface area contributed by atoms with Gasteiger partial charge in [0.1, 0.15) is 0 Å². The predicted molar refractivity (Wildman–Crippen MR) is 40.9 cm³/mol. The lowest BCUT2D eigenvalue weighted by molar-refractivity contribution is 0.862. The van der Waals surface area contributed by atoms with Gasteiger partial charge in [-0.05, 0) is 0 Å². The number of hydrogen-bond acceptors (Lipinski definition) is 0. The van der Waals surface area contributed by atoms with Crippen molar-refractivity contribution >= 4 is 8.07 Å². The summed E-state index contributed by atoms with van der Waals surface area (Å²) in [5.74, 6) is 0. The summed E-state index contributed by atoms with van der Waals surface area (Å²) in [6.45, 7) is 4.77. The Hall–Kier alpha value is 0.217. The third-order valence-electron chi connectivity index (χ3n) is 2.91. The Morgan fingerprint density at radius 1 is 1.12 bits per heavy atom. The monoisotopic (exact) mass is 128 g/mol. The molecule has 0 unspecified atom stereocenters. The van der Waals surface area contributed by atoms with E-state index >= 15 is 0 Å². The molecular weight excluding hydrogens is 112 g/mol. The molecule has 0 aromatic rings. The molecule has 1 aliphatic heterocycles. The van der Waals surface area contributed by atoms with Crippen molar-refractivity contribution in [2.75, 3.05) is 0 Å². The second kappa shape index (κ2) is 2.22. The molecule has 0 radical (unpaired) electrons. The van der Waals surface area contributed by atoms with Crippen LogP contribution >= 0.6 is 0 Å². The van der Waals surface area contributed by atoms with Crippen molar-refractivity contribution < 1.29 is 0 Å². The Labute approximate surface area is 53.3 Å². The highest BCUT2D eigenvalue weighted by Gasteiger charge is 2.34. The minimum Gasteiger partial charge on any atom is -0.0678 e. The second-order valence-corrected chi connectivity index (χ2v) is 8.47. The largest absolute Gasteiger partial charge is 0.0678 e. The Kier molecular flexibility index (Phi) is 1.76. The third kappa shape index (κ3) is 0.837. The highest BCUT2D eigenvalue weighted by Crippen LogP contribution is 2.38. The topological polar surface area (TPSA) is 0 Å². The van der Waals surface area contributed by atoms with Crippen molar-refractivity contribution in [1.82, 2.24) is 0 Å². The van der Waals surface area contributed by atoms with Crippen LogP contribution < -0.4 is 0 Å². The summed E-state index contributed by atoms with van der Waals surface area (Å²) in [6, 6.07) is 6.37. The maximum atomic E-state index is 2.38. The molecule has 48 valence electrons. The van der Waals surface area contributed by atoms with Crippen LogP contribution in [0.1, 0.15) is 20.3 Å². The van der Waals surface area contributed by atoms with E-state index in [0.717, 1.165) is 0 Å². The third-order valence-corrected chi connectivity index (χ3v) is 8.74. The minimum atomic E-state index is -0.491. The van der Waals surface area contributed by atoms with E-state index in [2.05, 4.69) is 13.8 Å². The lowest BCUT2D eigenvalue weighted by atomic mass is 10.5. The van der Waals surface area contributed by atoms with Gasteiger partial charge in [0.15, 0.2) is 0 Å². The summed E-state index contributed by atoms with van der Waals surface area (Å²) >= 11 is 0. The first-order chi connectivity index (χ1) is 3.83. The molecule has 1 rings (SSSR count). The molecule has 0 saturated carbocycles. The summed E-state index contributed by atoms with van der Waals surface area (Å²) in [6.07, 6.45) is 1.55. The van der Waals surface area contributed by atoms with Gasteiger partial charge in [0.25, 0.3) is 0 Å². The molecule has 1 aliphatic rings. The lowest BCUT2D eigenvalue weighted by Gasteiger charge is -2.38. The first-order valence-electron chi connectivity index (χ1n) is 3.83. The Morgan fingerprint density at radius 3 is 1.62 bits per heavy atom. The van der Waals surface area contributed by atoms with Gasteiger partial charge in [-0.3, -0.25) is 0 Å². The van der Waals surface area contributed by atoms with Crippen LogP contribution in [0.25, 0.3) is 0 Å². The quantitative estimate of drug-likeness (QED) is 0.502. The fraction of sp³-hybridized carbons (Fsp3) is 1.00. The summed E-state index contributed by atoms with van der Waals surface area (Å²) in [5, 5.41) is 0. The van der Waals surface area contributed by atoms with E-state index in [4.69, 9.17) is 0 Å². The van der Waals surface area contributed by atoms with Crippen LogP contribution in [-0.4, -0.2) is 8.07 Å². The molecule has 0 atom stereocenters. The van der Waals surface area contributed by atoms with Gasteiger partial charge in [-0.25, -0.2) is 0 Å². The van der Waals surface area contributed by atoms with Gasteiger partial charge in [0.2, 0.25) is 0 Å². The first-order valence-corrected chi connectivity index (χ1v) is 6.66. The molecule has 0 bridgehead atoms. The minimum absolute atomic E-state index is 0.491. The van der Waals surface area contributed by atoms with Gasteiger partial charge in [-0.2, -0.15) is 0 Å². The average molecular weight is 128 g/mol. The smallest absolute Gasteiger partial charge is 0.0530 e. The molecule has 0 amide bonds. The Balaban J connectivity index is 2.33. The maximum Gasteiger partial charge on any atom is 0.0530 e. The molecule has 0 aromatic heterocycles. The summed E-state index contributed by atoms with van der Waals surface area (Å²) in [4.78, 5) is 0. The van der Waals surface area contributed by atoms with Crippen molar-refractivity contribution in [2.45, 2.75) is 44.4 Å². The molecule has 1 saturated heterocycles. The Bertz CT molecular complexity index is 60.9. The number of hydrogen-bond donors (Lipinski definition) is 0. The fourth-order valence-electron chi connectivity index (χ4n) is 1.63. The van der Waals surface area contributed by atoms with E-state index < -0.39 is 8.07 Å². The highest BCUT2D eigenvalue weighted by atomic mass is 28.3. The van der Waals surface area contributed by atoms with Gasteiger partial charge in [-0.1, -0.05) is 44.4 Å². The number of rotatable bonds is 2. The van der Waals surface area contributed by atoms with Crippen LogP contribution in [0.5, 0.6) is 0 Å². The summed E-state index contributed by atoms with van der Waals surface area (Å²) in [7, 11) is -0.491. The van der Waals surface area contributed by atoms with E-state index in [1.807, 2.05) is 0 Å². The van der Waals surface area contributed by atoms with E-state index in [9.17, 15) is 0 Å². The SMILES string of the molecule is CC[Si]1(CC)CCC1. The lowest BCUT2D eigenvalue weighted by Crippen LogP contribution is -2.39. The van der Waals surface area contributed by atoms with E-state index in [-0.39, 0.29) is 0 Å². The normalized spacial score (nSPS) is 24.8. The van der Waals surface area contributed by atoms with Crippen LogP contribution in [0.4, 0.5) is 0 Å². The molecular formula is C7H16Si. The van der Waals surface area contributed by atoms with Crippen LogP contribution in [0, 0.1) is 0 Å². The van der Waals surface area contributed by atoms with Crippen molar-refractivity contribution in [3.63, 3.8) is 0 Å². The zero-order chi connectivity index (χ0) is 6.04. The predicted octanol–water partition coefficient (Wildman–Crippen LogP) is 2.88. The van der Waals surface area contributed by atoms with Gasteiger partial charge in [0, 0.05) is 0 Å². The molecule has 0 spiro atoms. The molecule has 1 heterocycles. The van der Waals surface area contributed by atoms with Crippen molar-refractivity contribution in [3.8, 4) is 0 Å². The highest BCUT2D eigenvalue weighted by molar-refractivity contribution is 6.82. The van der Waals surface area contributed by atoms with Crippen LogP contribution in [0.3, 0.4) is 0 Å². The first kappa shape index (κ1) is 6.34. The average Bonchev–Trinajstić information content (AvgIpc) is 1.67. The van der Waals surface area contributed by atoms with Gasteiger partial charge >= 0.3 is 0 Å². The van der Waals surface area contributed by atoms with E-state index in [1.165, 1.54) is 0 Å². The standard InChI is InChI=1S/C7H16Si/c1-3-8(4-2)6-5-7-8/h3-7H2,1-2H3. The molecule has 8 heavy (non-hydrogen) atoms. The van der Waals surface area contributed by atoms with Crippen LogP contribution in [0.15, 0.2) is 0 Å². The Morgan fingerprint density at radius 2 is 1.62 bits per heavy atom. The molecule has 1 fully saturated rings. The van der Waals surface area contributed by atoms with Crippen LogP contribution in [0.2, 0.25) is 24.2 Å². The molecule has 0 N–H and O–H groups in total. The molecule has 0 nitrogen and oxygen atoms in total. The molecule has 0 aliphatic carbocycles. The van der Waals surface area contributed by atoms with Crippen molar-refractivity contribution in [2.24, 2.45) is 0 Å². The molecule has 1 heteroatoms.